The Hall–Kier alpha value is -1.36. The van der Waals surface area contributed by atoms with Crippen LogP contribution in [0.25, 0.3) is 0 Å². The maximum atomic E-state index is 12.0. The van der Waals surface area contributed by atoms with Gasteiger partial charge in [0.25, 0.3) is 0 Å². The Morgan fingerprint density at radius 3 is 2.69 bits per heavy atom. The molecule has 3 nitrogen and oxygen atoms in total. The highest BCUT2D eigenvalue weighted by Gasteiger charge is 2.13. The van der Waals surface area contributed by atoms with E-state index in [9.17, 15) is 13.6 Å². The van der Waals surface area contributed by atoms with Crippen molar-refractivity contribution in [3.63, 3.8) is 0 Å². The molecule has 0 heterocycles. The fourth-order valence-corrected chi connectivity index (χ4v) is 1.50. The van der Waals surface area contributed by atoms with Crippen molar-refractivity contribution in [2.45, 2.75) is 20.0 Å². The average Bonchev–Trinajstić information content (AvgIpc) is 2.11. The van der Waals surface area contributed by atoms with Crippen molar-refractivity contribution < 1.29 is 23.4 Å². The molecule has 0 fully saturated rings. The second-order valence-corrected chi connectivity index (χ2v) is 3.57. The summed E-state index contributed by atoms with van der Waals surface area (Å²) < 4.78 is 28.3. The maximum Gasteiger partial charge on any atom is 0.387 e. The molecule has 1 rings (SSSR count). The monoisotopic (exact) mass is 250 g/mol. The number of benzene rings is 1. The van der Waals surface area contributed by atoms with Crippen LogP contribution >= 0.6 is 11.6 Å². The molecule has 0 aromatic heterocycles. The van der Waals surface area contributed by atoms with E-state index in [2.05, 4.69) is 4.74 Å². The van der Waals surface area contributed by atoms with Gasteiger partial charge in [-0.05, 0) is 30.2 Å². The quantitative estimate of drug-likeness (QED) is 0.894. The molecule has 0 saturated carbocycles. The largest absolute Gasteiger partial charge is 0.481 e. The van der Waals surface area contributed by atoms with Gasteiger partial charge in [-0.2, -0.15) is 8.78 Å². The van der Waals surface area contributed by atoms with Crippen LogP contribution in [-0.4, -0.2) is 17.7 Å². The van der Waals surface area contributed by atoms with Gasteiger partial charge in [0, 0.05) is 5.02 Å². The molecule has 0 radical (unpaired) electrons. The summed E-state index contributed by atoms with van der Waals surface area (Å²) in [7, 11) is 0. The van der Waals surface area contributed by atoms with E-state index in [0.717, 1.165) is 0 Å². The van der Waals surface area contributed by atoms with Crippen molar-refractivity contribution in [2.24, 2.45) is 0 Å². The topological polar surface area (TPSA) is 46.5 Å². The van der Waals surface area contributed by atoms with Crippen LogP contribution in [0.15, 0.2) is 12.1 Å². The molecule has 0 aliphatic rings. The lowest BCUT2D eigenvalue weighted by molar-refractivity contribution is -0.136. The van der Waals surface area contributed by atoms with Gasteiger partial charge in [0.05, 0.1) is 6.42 Å². The van der Waals surface area contributed by atoms with Crippen molar-refractivity contribution in [1.29, 1.82) is 0 Å². The van der Waals surface area contributed by atoms with E-state index < -0.39 is 12.6 Å². The number of carboxylic acid groups (broad SMARTS) is 1. The molecule has 0 unspecified atom stereocenters. The molecule has 0 saturated heterocycles. The lowest BCUT2D eigenvalue weighted by Gasteiger charge is -2.10. The van der Waals surface area contributed by atoms with Crippen molar-refractivity contribution in [1.82, 2.24) is 0 Å². The minimum Gasteiger partial charge on any atom is -0.481 e. The predicted molar refractivity (Wildman–Crippen MR) is 54.2 cm³/mol. The highest BCUT2D eigenvalue weighted by Crippen LogP contribution is 2.28. The molecule has 1 aromatic carbocycles. The number of aliphatic carboxylic acids is 1. The van der Waals surface area contributed by atoms with Crippen LogP contribution in [0.5, 0.6) is 5.75 Å². The van der Waals surface area contributed by atoms with Crippen molar-refractivity contribution in [3.8, 4) is 5.75 Å². The highest BCUT2D eigenvalue weighted by atomic mass is 35.5. The van der Waals surface area contributed by atoms with Gasteiger partial charge in [0.2, 0.25) is 0 Å². The lowest BCUT2D eigenvalue weighted by Crippen LogP contribution is -2.06. The number of alkyl halides is 2. The Morgan fingerprint density at radius 2 is 2.19 bits per heavy atom. The standard InChI is InChI=1S/C10H9ClF2O3/c1-5-2-7(11)6(4-9(14)15)3-8(5)16-10(12)13/h2-3,10H,4H2,1H3,(H,14,15). The summed E-state index contributed by atoms with van der Waals surface area (Å²) in [5.74, 6) is -1.15. The number of ether oxygens (including phenoxy) is 1. The van der Waals surface area contributed by atoms with Crippen LogP contribution in [0, 0.1) is 6.92 Å². The van der Waals surface area contributed by atoms with Crippen LogP contribution in [-0.2, 0) is 11.2 Å². The van der Waals surface area contributed by atoms with E-state index in [1.54, 1.807) is 6.92 Å². The molecule has 1 N–H and O–H groups in total. The second kappa shape index (κ2) is 5.12. The molecule has 0 bridgehead atoms. The summed E-state index contributed by atoms with van der Waals surface area (Å²) in [5, 5.41) is 8.81. The molecule has 16 heavy (non-hydrogen) atoms. The number of hydrogen-bond acceptors (Lipinski definition) is 2. The summed E-state index contributed by atoms with van der Waals surface area (Å²) in [4.78, 5) is 10.5. The number of carbonyl (C=O) groups is 1. The minimum atomic E-state index is -2.95. The number of carboxylic acids is 1. The Kier molecular flexibility index (Phi) is 4.06. The first-order valence-corrected chi connectivity index (χ1v) is 4.73. The minimum absolute atomic E-state index is 0.0596. The summed E-state index contributed by atoms with van der Waals surface area (Å²) >= 11 is 5.78. The SMILES string of the molecule is Cc1cc(Cl)c(CC(=O)O)cc1OC(F)F. The first-order valence-electron chi connectivity index (χ1n) is 4.35. The van der Waals surface area contributed by atoms with E-state index in [1.165, 1.54) is 12.1 Å². The molecule has 0 aliphatic carbocycles. The van der Waals surface area contributed by atoms with Gasteiger partial charge in [-0.25, -0.2) is 0 Å². The molecule has 1 aromatic rings. The molecule has 0 atom stereocenters. The number of halogens is 3. The zero-order valence-corrected chi connectivity index (χ0v) is 9.09. The van der Waals surface area contributed by atoms with Gasteiger partial charge >= 0.3 is 12.6 Å². The van der Waals surface area contributed by atoms with Gasteiger partial charge < -0.3 is 9.84 Å². The van der Waals surface area contributed by atoms with Crippen molar-refractivity contribution >= 4 is 17.6 Å². The Balaban J connectivity index is 3.05. The lowest BCUT2D eigenvalue weighted by atomic mass is 10.1. The summed E-state index contributed by atoms with van der Waals surface area (Å²) in [6, 6.07) is 2.62. The summed E-state index contributed by atoms with van der Waals surface area (Å²) in [6.07, 6.45) is -0.335. The van der Waals surface area contributed by atoms with Crippen LogP contribution in [0.2, 0.25) is 5.02 Å². The van der Waals surface area contributed by atoms with Gasteiger partial charge in [-0.3, -0.25) is 4.79 Å². The fourth-order valence-electron chi connectivity index (χ4n) is 1.22. The molecule has 0 amide bonds. The molecular formula is C10H9ClF2O3. The number of hydrogen-bond donors (Lipinski definition) is 1. The maximum absolute atomic E-state index is 12.0. The third kappa shape index (κ3) is 3.34. The Bertz CT molecular complexity index is 407. The number of aryl methyl sites for hydroxylation is 1. The third-order valence-corrected chi connectivity index (χ3v) is 2.25. The van der Waals surface area contributed by atoms with Gasteiger partial charge in [0.1, 0.15) is 5.75 Å². The average molecular weight is 251 g/mol. The fraction of sp³-hybridized carbons (Fsp3) is 0.300. The Labute approximate surface area is 95.6 Å². The highest BCUT2D eigenvalue weighted by molar-refractivity contribution is 6.31. The molecule has 0 spiro atoms. The van der Waals surface area contributed by atoms with E-state index in [1.807, 2.05) is 0 Å². The second-order valence-electron chi connectivity index (χ2n) is 3.16. The first kappa shape index (κ1) is 12.7. The molecule has 0 aliphatic heterocycles. The van der Waals surface area contributed by atoms with E-state index >= 15 is 0 Å². The van der Waals surface area contributed by atoms with Crippen LogP contribution < -0.4 is 4.74 Å². The normalized spacial score (nSPS) is 10.6. The molecule has 6 heteroatoms. The van der Waals surface area contributed by atoms with Gasteiger partial charge in [-0.15, -0.1) is 0 Å². The van der Waals surface area contributed by atoms with E-state index in [0.29, 0.717) is 5.56 Å². The van der Waals surface area contributed by atoms with Gasteiger partial charge in [0.15, 0.2) is 0 Å². The zero-order valence-electron chi connectivity index (χ0n) is 8.34. The summed E-state index contributed by atoms with van der Waals surface area (Å²) in [6.45, 7) is -1.40. The first-order chi connectivity index (χ1) is 7.40. The van der Waals surface area contributed by atoms with E-state index in [-0.39, 0.29) is 22.8 Å². The van der Waals surface area contributed by atoms with Gasteiger partial charge in [-0.1, -0.05) is 11.6 Å². The van der Waals surface area contributed by atoms with E-state index in [4.69, 9.17) is 16.7 Å². The number of rotatable bonds is 4. The van der Waals surface area contributed by atoms with Crippen LogP contribution in [0.3, 0.4) is 0 Å². The predicted octanol–water partition coefficient (Wildman–Crippen LogP) is 2.88. The van der Waals surface area contributed by atoms with Crippen LogP contribution in [0.1, 0.15) is 11.1 Å². The summed E-state index contributed by atoms with van der Waals surface area (Å²) in [5.41, 5.74) is 0.676. The smallest absolute Gasteiger partial charge is 0.387 e. The Morgan fingerprint density at radius 1 is 1.56 bits per heavy atom. The third-order valence-electron chi connectivity index (χ3n) is 1.90. The van der Waals surface area contributed by atoms with Crippen molar-refractivity contribution in [3.05, 3.63) is 28.3 Å². The van der Waals surface area contributed by atoms with Crippen molar-refractivity contribution in [2.75, 3.05) is 0 Å². The zero-order chi connectivity index (χ0) is 12.3. The van der Waals surface area contributed by atoms with Crippen LogP contribution in [0.4, 0.5) is 8.78 Å². The molecule has 88 valence electrons. The molecular weight excluding hydrogens is 242 g/mol.